The highest BCUT2D eigenvalue weighted by molar-refractivity contribution is 6.20. The van der Waals surface area contributed by atoms with Crippen LogP contribution >= 0.6 is 11.6 Å². The number of benzene rings is 2. The highest BCUT2D eigenvalue weighted by Gasteiger charge is 2.29. The Morgan fingerprint density at radius 2 is 1.50 bits per heavy atom. The summed E-state index contributed by atoms with van der Waals surface area (Å²) in [5.41, 5.74) is 2.89. The van der Waals surface area contributed by atoms with Crippen molar-refractivity contribution in [2.45, 2.75) is 37.0 Å². The topological polar surface area (TPSA) is 0 Å². The van der Waals surface area contributed by atoms with Gasteiger partial charge in [0.1, 0.15) is 0 Å². The van der Waals surface area contributed by atoms with Crippen LogP contribution in [0.25, 0.3) is 0 Å². The Morgan fingerprint density at radius 1 is 0.850 bits per heavy atom. The molecule has 20 heavy (non-hydrogen) atoms. The first-order valence-electron chi connectivity index (χ1n) is 7.56. The van der Waals surface area contributed by atoms with E-state index in [1.54, 1.807) is 0 Å². The predicted octanol–water partition coefficient (Wildman–Crippen LogP) is 5.42. The highest BCUT2D eigenvalue weighted by Crippen LogP contribution is 2.39. The van der Waals surface area contributed by atoms with Crippen LogP contribution in [-0.2, 0) is 6.42 Å². The van der Waals surface area contributed by atoms with Crippen molar-refractivity contribution in [1.29, 1.82) is 0 Å². The Bertz CT molecular complexity index is 520. The Labute approximate surface area is 126 Å². The molecular formula is C19H21Cl. The molecule has 3 unspecified atom stereocenters. The third-order valence-corrected chi connectivity index (χ3v) is 5.08. The molecule has 1 aliphatic carbocycles. The first-order valence-corrected chi connectivity index (χ1v) is 7.99. The molecular weight excluding hydrogens is 264 g/mol. The van der Waals surface area contributed by atoms with Gasteiger partial charge in [-0.1, -0.05) is 60.7 Å². The maximum Gasteiger partial charge on any atom is 0.0367 e. The van der Waals surface area contributed by atoms with Gasteiger partial charge < -0.3 is 0 Å². The van der Waals surface area contributed by atoms with E-state index in [0.717, 1.165) is 12.8 Å². The summed E-state index contributed by atoms with van der Waals surface area (Å²) in [4.78, 5) is 0. The van der Waals surface area contributed by atoms with Crippen LogP contribution in [0.1, 0.15) is 36.3 Å². The number of hydrogen-bond acceptors (Lipinski definition) is 0. The van der Waals surface area contributed by atoms with Crippen LogP contribution in [0.15, 0.2) is 60.7 Å². The van der Waals surface area contributed by atoms with Crippen molar-refractivity contribution in [2.75, 3.05) is 0 Å². The lowest BCUT2D eigenvalue weighted by atomic mass is 9.75. The molecule has 0 bridgehead atoms. The molecule has 1 saturated carbocycles. The normalized spacial score (nSPS) is 26.4. The zero-order chi connectivity index (χ0) is 13.8. The molecule has 1 aliphatic rings. The maximum absolute atomic E-state index is 6.59. The van der Waals surface area contributed by atoms with Crippen LogP contribution in [0.5, 0.6) is 0 Å². The Morgan fingerprint density at radius 3 is 2.20 bits per heavy atom. The Balaban J connectivity index is 1.71. The fourth-order valence-electron chi connectivity index (χ4n) is 3.38. The summed E-state index contributed by atoms with van der Waals surface area (Å²) in [7, 11) is 0. The van der Waals surface area contributed by atoms with E-state index in [1.165, 1.54) is 24.0 Å². The van der Waals surface area contributed by atoms with E-state index in [9.17, 15) is 0 Å². The van der Waals surface area contributed by atoms with Gasteiger partial charge in [-0.05, 0) is 48.6 Å². The summed E-state index contributed by atoms with van der Waals surface area (Å²) < 4.78 is 0. The van der Waals surface area contributed by atoms with Crippen molar-refractivity contribution >= 4 is 11.6 Å². The van der Waals surface area contributed by atoms with E-state index in [0.29, 0.717) is 17.2 Å². The van der Waals surface area contributed by atoms with Crippen LogP contribution < -0.4 is 0 Å². The third-order valence-electron chi connectivity index (χ3n) is 4.50. The van der Waals surface area contributed by atoms with Gasteiger partial charge in [0.05, 0.1) is 0 Å². The summed E-state index contributed by atoms with van der Waals surface area (Å²) >= 11 is 6.59. The average molecular weight is 285 g/mol. The van der Waals surface area contributed by atoms with Crippen molar-refractivity contribution in [1.82, 2.24) is 0 Å². The lowest BCUT2D eigenvalue weighted by Crippen LogP contribution is -2.26. The van der Waals surface area contributed by atoms with Gasteiger partial charge in [-0.3, -0.25) is 0 Å². The van der Waals surface area contributed by atoms with Crippen LogP contribution in [0.2, 0.25) is 0 Å². The van der Waals surface area contributed by atoms with Crippen molar-refractivity contribution in [3.8, 4) is 0 Å². The minimum absolute atomic E-state index is 0.329. The Kier molecular flexibility index (Phi) is 4.42. The zero-order valence-corrected chi connectivity index (χ0v) is 12.5. The largest absolute Gasteiger partial charge is 0.123 e. The van der Waals surface area contributed by atoms with E-state index in [4.69, 9.17) is 11.6 Å². The fourth-order valence-corrected chi connectivity index (χ4v) is 3.70. The fraction of sp³-hybridized carbons (Fsp3) is 0.368. The van der Waals surface area contributed by atoms with E-state index < -0.39 is 0 Å². The molecule has 3 rings (SSSR count). The molecule has 2 aromatic rings. The van der Waals surface area contributed by atoms with Gasteiger partial charge in [-0.15, -0.1) is 11.6 Å². The third kappa shape index (κ3) is 3.24. The van der Waals surface area contributed by atoms with Crippen molar-refractivity contribution in [3.63, 3.8) is 0 Å². The van der Waals surface area contributed by atoms with Crippen LogP contribution in [0.4, 0.5) is 0 Å². The summed E-state index contributed by atoms with van der Waals surface area (Å²) in [6.07, 6.45) is 4.69. The van der Waals surface area contributed by atoms with E-state index in [-0.39, 0.29) is 0 Å². The van der Waals surface area contributed by atoms with E-state index in [2.05, 4.69) is 60.7 Å². The smallest absolute Gasteiger partial charge is 0.0367 e. The lowest BCUT2D eigenvalue weighted by molar-refractivity contribution is 0.327. The van der Waals surface area contributed by atoms with Crippen molar-refractivity contribution in [3.05, 3.63) is 71.8 Å². The average Bonchev–Trinajstić information content (AvgIpc) is 2.51. The first kappa shape index (κ1) is 13.7. The SMILES string of the molecule is ClC1CCC(c2ccccc2)CC1Cc1ccccc1. The van der Waals surface area contributed by atoms with Gasteiger partial charge in [-0.25, -0.2) is 0 Å². The van der Waals surface area contributed by atoms with E-state index >= 15 is 0 Å². The second-order valence-electron chi connectivity index (χ2n) is 5.89. The highest BCUT2D eigenvalue weighted by atomic mass is 35.5. The molecule has 0 amide bonds. The molecule has 0 aliphatic heterocycles. The summed E-state index contributed by atoms with van der Waals surface area (Å²) in [5, 5.41) is 0.329. The number of halogens is 1. The standard InChI is InChI=1S/C19H21Cl/c20-19-12-11-17(16-9-5-2-6-10-16)14-18(19)13-15-7-3-1-4-8-15/h1-10,17-19H,11-14H2. The molecule has 3 atom stereocenters. The molecule has 0 N–H and O–H groups in total. The summed E-state index contributed by atoms with van der Waals surface area (Å²) in [6.45, 7) is 0. The van der Waals surface area contributed by atoms with Gasteiger partial charge >= 0.3 is 0 Å². The monoisotopic (exact) mass is 284 g/mol. The first-order chi connectivity index (χ1) is 9.83. The molecule has 0 spiro atoms. The molecule has 2 aromatic carbocycles. The summed E-state index contributed by atoms with van der Waals surface area (Å²) in [6, 6.07) is 21.7. The molecule has 104 valence electrons. The van der Waals surface area contributed by atoms with Crippen LogP contribution in [-0.4, -0.2) is 5.38 Å². The van der Waals surface area contributed by atoms with Gasteiger partial charge in [-0.2, -0.15) is 0 Å². The number of hydrogen-bond donors (Lipinski definition) is 0. The minimum atomic E-state index is 0.329. The lowest BCUT2D eigenvalue weighted by Gasteiger charge is -2.33. The Hall–Kier alpha value is -1.27. The minimum Gasteiger partial charge on any atom is -0.123 e. The molecule has 1 fully saturated rings. The summed E-state index contributed by atoms with van der Waals surface area (Å²) in [5.74, 6) is 1.28. The van der Waals surface area contributed by atoms with Gasteiger partial charge in [0.15, 0.2) is 0 Å². The molecule has 0 nitrogen and oxygen atoms in total. The maximum atomic E-state index is 6.59. The van der Waals surface area contributed by atoms with Gasteiger partial charge in [0, 0.05) is 5.38 Å². The molecule has 0 heterocycles. The molecule has 1 heteroatoms. The molecule has 0 aromatic heterocycles. The molecule has 0 saturated heterocycles. The van der Waals surface area contributed by atoms with E-state index in [1.807, 2.05) is 0 Å². The second-order valence-corrected chi connectivity index (χ2v) is 6.45. The second kappa shape index (κ2) is 6.45. The van der Waals surface area contributed by atoms with Gasteiger partial charge in [0.25, 0.3) is 0 Å². The zero-order valence-electron chi connectivity index (χ0n) is 11.7. The quantitative estimate of drug-likeness (QED) is 0.660. The van der Waals surface area contributed by atoms with Crippen LogP contribution in [0, 0.1) is 5.92 Å². The van der Waals surface area contributed by atoms with Gasteiger partial charge in [0.2, 0.25) is 0 Å². The number of rotatable bonds is 3. The number of alkyl halides is 1. The van der Waals surface area contributed by atoms with Crippen molar-refractivity contribution in [2.24, 2.45) is 5.92 Å². The van der Waals surface area contributed by atoms with Crippen LogP contribution in [0.3, 0.4) is 0 Å². The predicted molar refractivity (Wildman–Crippen MR) is 86.3 cm³/mol. The molecule has 0 radical (unpaired) electrons. The van der Waals surface area contributed by atoms with Crippen molar-refractivity contribution < 1.29 is 0 Å².